The second kappa shape index (κ2) is 11.5. The van der Waals surface area contributed by atoms with Gasteiger partial charge in [-0.3, -0.25) is 14.5 Å². The van der Waals surface area contributed by atoms with Gasteiger partial charge in [0, 0.05) is 42.9 Å². The van der Waals surface area contributed by atoms with Crippen LogP contribution in [0.5, 0.6) is 0 Å². The van der Waals surface area contributed by atoms with E-state index in [1.165, 1.54) is 0 Å². The van der Waals surface area contributed by atoms with Gasteiger partial charge < -0.3 is 25.3 Å². The van der Waals surface area contributed by atoms with Gasteiger partial charge in [0.1, 0.15) is 0 Å². The van der Waals surface area contributed by atoms with Crippen molar-refractivity contribution in [3.05, 3.63) is 29.3 Å². The van der Waals surface area contributed by atoms with Crippen molar-refractivity contribution < 1.29 is 65.9 Å². The molecule has 2 aliphatic heterocycles. The van der Waals surface area contributed by atoms with Gasteiger partial charge in [-0.05, 0) is 43.5 Å². The Labute approximate surface area is 221 Å². The second-order valence-corrected chi connectivity index (χ2v) is 9.59. The van der Waals surface area contributed by atoms with Crippen LogP contribution in [0.2, 0.25) is 5.02 Å². The number of piperidine rings is 2. The first-order chi connectivity index (χ1) is 17.8. The lowest BCUT2D eigenvalue weighted by Gasteiger charge is -2.38. The summed E-state index contributed by atoms with van der Waals surface area (Å²) in [5.41, 5.74) is -1.02. The van der Waals surface area contributed by atoms with Gasteiger partial charge in [-0.25, -0.2) is 9.59 Å². The van der Waals surface area contributed by atoms with Crippen LogP contribution in [0.3, 0.4) is 0 Å². The van der Waals surface area contributed by atoms with E-state index in [9.17, 15) is 46.1 Å². The molecule has 1 saturated carbocycles. The molecule has 0 unspecified atom stereocenters. The van der Waals surface area contributed by atoms with Crippen molar-refractivity contribution in [2.45, 2.75) is 37.7 Å². The maximum Gasteiger partial charge on any atom is 0.490 e. The third-order valence-electron chi connectivity index (χ3n) is 6.82. The van der Waals surface area contributed by atoms with Gasteiger partial charge in [-0.15, -0.1) is 0 Å². The molecule has 0 amide bonds. The van der Waals surface area contributed by atoms with E-state index in [2.05, 4.69) is 9.80 Å². The Morgan fingerprint density at radius 2 is 1.13 bits per heavy atom. The number of fused-ring (bicyclic) bond motifs is 1. The lowest BCUT2D eigenvalue weighted by atomic mass is 9.97. The van der Waals surface area contributed by atoms with E-state index in [0.717, 1.165) is 31.6 Å². The number of rotatable bonds is 4. The van der Waals surface area contributed by atoms with Crippen molar-refractivity contribution >= 4 is 41.2 Å². The molecule has 0 radical (unpaired) electrons. The number of aliphatic carboxylic acids is 4. The third-order valence-corrected chi connectivity index (χ3v) is 7.07. The summed E-state index contributed by atoms with van der Waals surface area (Å²) in [6.07, 6.45) is -8.08. The molecule has 218 valence electrons. The molecule has 1 aliphatic carbocycles. The molecule has 2 atom stereocenters. The Bertz CT molecular complexity index is 1040. The zero-order valence-electron chi connectivity index (χ0n) is 19.8. The lowest BCUT2D eigenvalue weighted by Crippen LogP contribution is -2.46. The number of hydrogen-bond acceptors (Lipinski definition) is 6. The summed E-state index contributed by atoms with van der Waals surface area (Å²) in [7, 11) is 0. The smallest absolute Gasteiger partial charge is 0.481 e. The van der Waals surface area contributed by atoms with Gasteiger partial charge in [-0.1, -0.05) is 11.6 Å². The number of carbonyl (C=O) groups is 4. The number of carboxylic acids is 4. The molecule has 3 fully saturated rings. The van der Waals surface area contributed by atoms with Crippen LogP contribution in [0.25, 0.3) is 0 Å². The minimum atomic E-state index is -5.08. The summed E-state index contributed by atoms with van der Waals surface area (Å²) in [4.78, 5) is 45.5. The number of likely N-dealkylation sites (tertiary alicyclic amines) is 1. The number of halogens is 7. The summed E-state index contributed by atoms with van der Waals surface area (Å²) in [6.45, 7) is 2.48. The molecule has 10 nitrogen and oxygen atoms in total. The second-order valence-electron chi connectivity index (χ2n) is 9.16. The number of hydrogen-bond donors (Lipinski definition) is 4. The predicted molar refractivity (Wildman–Crippen MR) is 120 cm³/mol. The van der Waals surface area contributed by atoms with E-state index in [0.29, 0.717) is 18.1 Å². The minimum Gasteiger partial charge on any atom is -0.481 e. The van der Waals surface area contributed by atoms with Crippen molar-refractivity contribution in [2.24, 2.45) is 10.8 Å². The van der Waals surface area contributed by atoms with E-state index >= 15 is 0 Å². The van der Waals surface area contributed by atoms with Crippen LogP contribution in [0.1, 0.15) is 19.3 Å². The van der Waals surface area contributed by atoms with E-state index in [-0.39, 0.29) is 12.5 Å². The maximum absolute atomic E-state index is 11.7. The molecule has 2 heterocycles. The summed E-state index contributed by atoms with van der Waals surface area (Å²) >= 11 is 5.93. The minimum absolute atomic E-state index is 0.254. The van der Waals surface area contributed by atoms with Crippen molar-refractivity contribution in [1.29, 1.82) is 0 Å². The summed E-state index contributed by atoms with van der Waals surface area (Å²) in [5.74, 6) is -7.44. The quantitative estimate of drug-likeness (QED) is 0.382. The number of nitrogens with zero attached hydrogens (tertiary/aromatic N) is 2. The third kappa shape index (κ3) is 7.23. The van der Waals surface area contributed by atoms with Crippen molar-refractivity contribution in [3.63, 3.8) is 0 Å². The standard InChI is InChI=1S/C18H21ClN2O4.2C2HF3O2/c19-12-1-3-13(4-2-12)20-7-5-14(6-8-20)21-10-17(15(22)23)9-18(17,11-21)16(24)25;2*3-2(4,5)1(6)7/h1-4,14H,5-11H2,(H,22,23)(H,24,25);2*(H,6,7)/t17-,18+;;. The van der Waals surface area contributed by atoms with E-state index < -0.39 is 47.1 Å². The van der Waals surface area contributed by atoms with Gasteiger partial charge in [0.2, 0.25) is 0 Å². The lowest BCUT2D eigenvalue weighted by molar-refractivity contribution is -0.193. The number of benzene rings is 1. The molecule has 4 rings (SSSR count). The van der Waals surface area contributed by atoms with Crippen LogP contribution < -0.4 is 4.90 Å². The molecule has 0 aromatic heterocycles. The van der Waals surface area contributed by atoms with Crippen LogP contribution >= 0.6 is 11.6 Å². The topological polar surface area (TPSA) is 156 Å². The number of anilines is 1. The van der Waals surface area contributed by atoms with Crippen LogP contribution in [0, 0.1) is 10.8 Å². The molecule has 0 spiro atoms. The highest BCUT2D eigenvalue weighted by atomic mass is 35.5. The molecule has 0 bridgehead atoms. The fourth-order valence-corrected chi connectivity index (χ4v) is 4.86. The van der Waals surface area contributed by atoms with E-state index in [1.807, 2.05) is 24.3 Å². The molecular formula is C22H23ClF6N2O8. The molecule has 1 aromatic carbocycles. The van der Waals surface area contributed by atoms with Crippen LogP contribution in [0.15, 0.2) is 24.3 Å². The Hall–Kier alpha value is -3.27. The number of carboxylic acid groups (broad SMARTS) is 4. The summed E-state index contributed by atoms with van der Waals surface area (Å²) < 4.78 is 63.5. The number of alkyl halides is 6. The molecule has 4 N–H and O–H groups in total. The Balaban J connectivity index is 0.000000317. The Morgan fingerprint density at radius 1 is 0.769 bits per heavy atom. The Morgan fingerprint density at radius 3 is 1.44 bits per heavy atom. The molecular weight excluding hydrogens is 570 g/mol. The van der Waals surface area contributed by atoms with Gasteiger partial charge in [0.25, 0.3) is 0 Å². The zero-order chi connectivity index (χ0) is 30.0. The van der Waals surface area contributed by atoms with E-state index in [4.69, 9.17) is 31.4 Å². The maximum atomic E-state index is 11.7. The molecule has 3 aliphatic rings. The molecule has 2 saturated heterocycles. The van der Waals surface area contributed by atoms with Gasteiger partial charge in [0.05, 0.1) is 10.8 Å². The van der Waals surface area contributed by atoms with Crippen LogP contribution in [-0.2, 0) is 19.2 Å². The average Bonchev–Trinajstić information content (AvgIpc) is 3.37. The monoisotopic (exact) mass is 592 g/mol. The largest absolute Gasteiger partial charge is 0.490 e. The van der Waals surface area contributed by atoms with Crippen molar-refractivity contribution in [1.82, 2.24) is 4.90 Å². The first kappa shape index (κ1) is 31.9. The van der Waals surface area contributed by atoms with Crippen molar-refractivity contribution in [2.75, 3.05) is 31.1 Å². The van der Waals surface area contributed by atoms with Crippen LogP contribution in [0.4, 0.5) is 32.0 Å². The average molecular weight is 593 g/mol. The summed E-state index contributed by atoms with van der Waals surface area (Å²) in [6, 6.07) is 8.02. The van der Waals surface area contributed by atoms with Gasteiger partial charge in [-0.2, -0.15) is 26.3 Å². The Kier molecular flexibility index (Phi) is 9.38. The highest BCUT2D eigenvalue weighted by Gasteiger charge is 2.81. The fourth-order valence-electron chi connectivity index (χ4n) is 4.73. The van der Waals surface area contributed by atoms with E-state index in [1.54, 1.807) is 0 Å². The fraction of sp³-hybridized carbons (Fsp3) is 0.545. The summed E-state index contributed by atoms with van der Waals surface area (Å²) in [5, 5.41) is 34.1. The highest BCUT2D eigenvalue weighted by Crippen LogP contribution is 2.69. The molecule has 1 aromatic rings. The first-order valence-electron chi connectivity index (χ1n) is 11.1. The SMILES string of the molecule is O=C(O)C(F)(F)F.O=C(O)C(F)(F)F.O=C(O)[C@@]12CN(C3CCN(c4ccc(Cl)cc4)CC3)C[C@]1(C(=O)O)C2. The highest BCUT2D eigenvalue weighted by molar-refractivity contribution is 6.30. The molecule has 17 heteroatoms. The van der Waals surface area contributed by atoms with Crippen LogP contribution in [-0.4, -0.2) is 93.8 Å². The predicted octanol–water partition coefficient (Wildman–Crippen LogP) is 3.44. The van der Waals surface area contributed by atoms with Gasteiger partial charge >= 0.3 is 36.2 Å². The molecule has 39 heavy (non-hydrogen) atoms. The zero-order valence-corrected chi connectivity index (χ0v) is 20.6. The first-order valence-corrected chi connectivity index (χ1v) is 11.5. The van der Waals surface area contributed by atoms with Gasteiger partial charge in [0.15, 0.2) is 0 Å². The van der Waals surface area contributed by atoms with Crippen molar-refractivity contribution in [3.8, 4) is 0 Å². The normalized spacial score (nSPS) is 24.8.